The fraction of sp³-hybridized carbons (Fsp3) is 0.562. The number of aryl methyl sites for hydroxylation is 1. The first-order valence-corrected chi connectivity index (χ1v) is 15.5. The molecule has 4 heterocycles. The second-order valence-corrected chi connectivity index (χ2v) is 12.7. The van der Waals surface area contributed by atoms with E-state index in [0.717, 1.165) is 54.6 Å². The van der Waals surface area contributed by atoms with Gasteiger partial charge in [0.15, 0.2) is 23.5 Å². The topological polar surface area (TPSA) is 135 Å². The molecule has 6 atom stereocenters. The number of alkyl halides is 2. The van der Waals surface area contributed by atoms with Gasteiger partial charge in [-0.3, -0.25) is 4.90 Å². The van der Waals surface area contributed by atoms with Crippen molar-refractivity contribution in [1.82, 2.24) is 25.3 Å². The third-order valence-electron chi connectivity index (χ3n) is 9.87. The van der Waals surface area contributed by atoms with Crippen molar-refractivity contribution < 1.29 is 22.8 Å². The molecule has 44 heavy (non-hydrogen) atoms. The first-order valence-electron chi connectivity index (χ1n) is 15.5. The zero-order valence-corrected chi connectivity index (χ0v) is 25.0. The van der Waals surface area contributed by atoms with Crippen LogP contribution in [-0.2, 0) is 18.3 Å². The summed E-state index contributed by atoms with van der Waals surface area (Å²) in [7, 11) is 1.88. The molecule has 1 spiro atoms. The quantitative estimate of drug-likeness (QED) is 0.396. The minimum absolute atomic E-state index is 0.130. The van der Waals surface area contributed by atoms with Gasteiger partial charge in [-0.2, -0.15) is 15.2 Å². The lowest BCUT2D eigenvalue weighted by Gasteiger charge is -2.41. The minimum Gasteiger partial charge on any atom is -0.473 e. The minimum atomic E-state index is -1.18. The summed E-state index contributed by atoms with van der Waals surface area (Å²) in [6, 6.07) is 7.62. The Morgan fingerprint density at radius 3 is 2.70 bits per heavy atom. The summed E-state index contributed by atoms with van der Waals surface area (Å²) < 4.78 is 47.1. The van der Waals surface area contributed by atoms with Crippen molar-refractivity contribution in [3.63, 3.8) is 0 Å². The van der Waals surface area contributed by atoms with Gasteiger partial charge in [0, 0.05) is 36.9 Å². The van der Waals surface area contributed by atoms with Crippen LogP contribution in [0.4, 0.5) is 14.5 Å². The molecule has 2 aliphatic heterocycles. The highest BCUT2D eigenvalue weighted by Gasteiger charge is 2.48. The molecule has 7 rings (SSSR count). The van der Waals surface area contributed by atoms with E-state index in [9.17, 15) is 14.0 Å². The van der Waals surface area contributed by atoms with Crippen LogP contribution in [-0.4, -0.2) is 77.3 Å². The summed E-state index contributed by atoms with van der Waals surface area (Å²) >= 11 is 0. The molecule has 0 amide bonds. The average molecular weight is 606 g/mol. The van der Waals surface area contributed by atoms with Crippen LogP contribution in [0, 0.1) is 11.3 Å². The highest BCUT2D eigenvalue weighted by molar-refractivity contribution is 5.67. The van der Waals surface area contributed by atoms with Crippen molar-refractivity contribution in [3.8, 4) is 29.3 Å². The summed E-state index contributed by atoms with van der Waals surface area (Å²) in [6.45, 7) is 2.80. The van der Waals surface area contributed by atoms with Gasteiger partial charge in [-0.05, 0) is 76.1 Å². The van der Waals surface area contributed by atoms with Crippen molar-refractivity contribution in [1.29, 1.82) is 5.26 Å². The highest BCUT2D eigenvalue weighted by Crippen LogP contribution is 2.53. The van der Waals surface area contributed by atoms with Crippen LogP contribution in [0.5, 0.6) is 11.8 Å². The van der Waals surface area contributed by atoms with E-state index in [2.05, 4.69) is 21.5 Å². The van der Waals surface area contributed by atoms with Crippen LogP contribution in [0.2, 0.25) is 0 Å². The number of hydrogen-bond acceptors (Lipinski definition) is 10. The molecule has 10 nitrogen and oxygen atoms in total. The van der Waals surface area contributed by atoms with Crippen LogP contribution in [0.1, 0.15) is 67.0 Å². The average Bonchev–Trinajstić information content (AvgIpc) is 3.72. The normalized spacial score (nSPS) is 28.8. The molecule has 6 unspecified atom stereocenters. The number of nitrogens with zero attached hydrogens (tertiary/aromatic N) is 5. The van der Waals surface area contributed by atoms with Crippen molar-refractivity contribution in [2.75, 3.05) is 32.4 Å². The maximum absolute atomic E-state index is 14.5. The Bertz CT molecular complexity index is 1610. The second-order valence-electron chi connectivity index (χ2n) is 12.7. The summed E-state index contributed by atoms with van der Waals surface area (Å²) in [6.07, 6.45) is 2.18. The van der Waals surface area contributed by atoms with Gasteiger partial charge in [0.05, 0.1) is 17.0 Å². The molecule has 3 aromatic rings. The molecular weight excluding hydrogens is 568 g/mol. The zero-order valence-electron chi connectivity index (χ0n) is 25.0. The largest absolute Gasteiger partial charge is 0.473 e. The van der Waals surface area contributed by atoms with E-state index in [1.54, 1.807) is 6.07 Å². The fourth-order valence-corrected chi connectivity index (χ4v) is 7.80. The predicted molar refractivity (Wildman–Crippen MR) is 158 cm³/mol. The molecular formula is C32H37F2N7O3. The standard InChI is InChI=1S/C32H37F2N7O3/c1-17(24-11-19(33)16-41(24)2)42-26-12-27(43-25-15-37-14-22(25)34)39-31(38-26)29-20-6-4-10-32(30(20)44-40-29)9-3-5-18-7-8-23(36)21(13-35)28(18)32/h7-8,12,17,19,22,24-25,37H,3-6,9-11,14-16,36H2,1-2H3. The monoisotopic (exact) mass is 605 g/mol. The first kappa shape index (κ1) is 28.9. The number of nitrogens with two attached hydrogens (primary N) is 1. The van der Waals surface area contributed by atoms with E-state index in [1.807, 2.05) is 31.0 Å². The number of likely N-dealkylation sites (N-methyl/N-ethyl adjacent to an activating group) is 1. The number of benzene rings is 1. The lowest BCUT2D eigenvalue weighted by Crippen LogP contribution is -2.38. The number of ether oxygens (including phenoxy) is 2. The Morgan fingerprint density at radius 1 is 1.18 bits per heavy atom. The van der Waals surface area contributed by atoms with Gasteiger partial charge in [0.2, 0.25) is 11.8 Å². The van der Waals surface area contributed by atoms with E-state index < -0.39 is 23.9 Å². The van der Waals surface area contributed by atoms with Crippen molar-refractivity contribution in [2.24, 2.45) is 0 Å². The number of likely N-dealkylation sites (tertiary alicyclic amines) is 1. The van der Waals surface area contributed by atoms with Crippen molar-refractivity contribution in [3.05, 3.63) is 46.2 Å². The molecule has 232 valence electrons. The second kappa shape index (κ2) is 11.3. The fourth-order valence-electron chi connectivity index (χ4n) is 7.80. The smallest absolute Gasteiger partial charge is 0.221 e. The van der Waals surface area contributed by atoms with E-state index in [0.29, 0.717) is 42.9 Å². The van der Waals surface area contributed by atoms with Gasteiger partial charge in [-0.25, -0.2) is 8.78 Å². The van der Waals surface area contributed by atoms with Gasteiger partial charge in [-0.15, -0.1) is 0 Å². The van der Waals surface area contributed by atoms with Crippen LogP contribution in [0.3, 0.4) is 0 Å². The number of nitriles is 1. The molecule has 0 bridgehead atoms. The number of halogens is 2. The molecule has 12 heteroatoms. The van der Waals surface area contributed by atoms with Crippen LogP contribution in [0.15, 0.2) is 22.7 Å². The Balaban J connectivity index is 1.29. The molecule has 4 aliphatic rings. The number of hydrogen-bond donors (Lipinski definition) is 2. The zero-order chi connectivity index (χ0) is 30.6. The number of fused-ring (bicyclic) bond motifs is 4. The Labute approximate surface area is 254 Å². The molecule has 2 aromatic heterocycles. The van der Waals surface area contributed by atoms with Gasteiger partial charge in [0.1, 0.15) is 24.4 Å². The third-order valence-corrected chi connectivity index (χ3v) is 9.87. The van der Waals surface area contributed by atoms with E-state index in [-0.39, 0.29) is 36.3 Å². The van der Waals surface area contributed by atoms with E-state index >= 15 is 0 Å². The number of rotatable bonds is 6. The van der Waals surface area contributed by atoms with Gasteiger partial charge >= 0.3 is 0 Å². The molecule has 2 saturated heterocycles. The van der Waals surface area contributed by atoms with Crippen molar-refractivity contribution >= 4 is 5.69 Å². The molecule has 0 saturated carbocycles. The lowest BCUT2D eigenvalue weighted by molar-refractivity contribution is 0.113. The highest BCUT2D eigenvalue weighted by atomic mass is 19.1. The van der Waals surface area contributed by atoms with Gasteiger partial charge in [-0.1, -0.05) is 11.2 Å². The molecule has 2 aliphatic carbocycles. The molecule has 2 fully saturated rings. The van der Waals surface area contributed by atoms with Crippen LogP contribution < -0.4 is 20.5 Å². The van der Waals surface area contributed by atoms with E-state index in [1.165, 1.54) is 0 Å². The number of nitrogens with one attached hydrogen (secondary N) is 1. The molecule has 0 radical (unpaired) electrons. The number of nitrogen functional groups attached to an aromatic ring is 1. The number of anilines is 1. The lowest BCUT2D eigenvalue weighted by atomic mass is 9.61. The van der Waals surface area contributed by atoms with E-state index in [4.69, 9.17) is 24.7 Å². The molecule has 1 aromatic carbocycles. The maximum atomic E-state index is 14.5. The summed E-state index contributed by atoms with van der Waals surface area (Å²) in [5, 5.41) is 17.6. The summed E-state index contributed by atoms with van der Waals surface area (Å²) in [5.74, 6) is 1.37. The number of aromatic nitrogens is 3. The van der Waals surface area contributed by atoms with Crippen LogP contribution >= 0.6 is 0 Å². The van der Waals surface area contributed by atoms with Crippen molar-refractivity contribution in [2.45, 2.75) is 87.9 Å². The van der Waals surface area contributed by atoms with Gasteiger partial charge < -0.3 is 25.0 Å². The third kappa shape index (κ3) is 4.86. The Morgan fingerprint density at radius 2 is 1.98 bits per heavy atom. The Kier molecular flexibility index (Phi) is 7.41. The maximum Gasteiger partial charge on any atom is 0.221 e. The molecule has 3 N–H and O–H groups in total. The van der Waals surface area contributed by atoms with Gasteiger partial charge in [0.25, 0.3) is 0 Å². The predicted octanol–water partition coefficient (Wildman–Crippen LogP) is 4.04. The van der Waals surface area contributed by atoms with Crippen LogP contribution in [0.25, 0.3) is 11.5 Å². The summed E-state index contributed by atoms with van der Waals surface area (Å²) in [4.78, 5) is 11.3. The summed E-state index contributed by atoms with van der Waals surface area (Å²) in [5.41, 5.74) is 10.2. The first-order chi connectivity index (χ1) is 21.3. The Hall–Kier alpha value is -3.82. The SMILES string of the molecule is CC(Oc1cc(OC2CNCC2F)nc(-c2noc3c2CCCC32CCCc3ccc(N)c(C#N)c32)n1)C1CC(F)CN1C.